The predicted molar refractivity (Wildman–Crippen MR) is 103 cm³/mol. The number of alkyl halides is 3. The highest BCUT2D eigenvalue weighted by atomic mass is 32.2. The number of halogens is 3. The molecule has 0 spiro atoms. The standard InChI is InChI=1S/C19H26F3N3O4S/c1-13-10-24(11-14(2)29-13)12-15-5-8-25(9-6-15)18(26)16-4-3-7-23-17(16)30(27,28)19(20,21)22/h3-4,7,13-15H,5-6,8-12H2,1-2H3. The molecule has 2 saturated heterocycles. The molecule has 2 aliphatic rings. The number of aromatic nitrogens is 1. The normalized spacial score (nSPS) is 24.8. The summed E-state index contributed by atoms with van der Waals surface area (Å²) in [5.41, 5.74) is -6.06. The van der Waals surface area contributed by atoms with Crippen molar-refractivity contribution in [3.8, 4) is 0 Å². The molecule has 7 nitrogen and oxygen atoms in total. The lowest BCUT2D eigenvalue weighted by atomic mass is 9.95. The Bertz CT molecular complexity index is 860. The molecule has 30 heavy (non-hydrogen) atoms. The average molecular weight is 449 g/mol. The summed E-state index contributed by atoms with van der Waals surface area (Å²) in [6.45, 7) is 7.35. The molecule has 0 radical (unpaired) electrons. The second-order valence-electron chi connectivity index (χ2n) is 8.02. The first-order valence-electron chi connectivity index (χ1n) is 9.92. The number of rotatable bonds is 4. The van der Waals surface area contributed by atoms with Crippen molar-refractivity contribution in [1.29, 1.82) is 0 Å². The summed E-state index contributed by atoms with van der Waals surface area (Å²) in [7, 11) is -5.71. The number of sulfone groups is 1. The summed E-state index contributed by atoms with van der Waals surface area (Å²) in [4.78, 5) is 19.9. The Morgan fingerprint density at radius 3 is 2.37 bits per heavy atom. The van der Waals surface area contributed by atoms with Crippen LogP contribution in [-0.2, 0) is 14.6 Å². The second kappa shape index (κ2) is 8.80. The zero-order valence-electron chi connectivity index (χ0n) is 16.9. The lowest BCUT2D eigenvalue weighted by Crippen LogP contribution is -2.48. The van der Waals surface area contributed by atoms with Gasteiger partial charge in [-0.2, -0.15) is 13.2 Å². The van der Waals surface area contributed by atoms with Gasteiger partial charge in [0.2, 0.25) is 0 Å². The van der Waals surface area contributed by atoms with Crippen LogP contribution in [0, 0.1) is 5.92 Å². The Morgan fingerprint density at radius 2 is 1.80 bits per heavy atom. The zero-order chi connectivity index (χ0) is 22.1. The zero-order valence-corrected chi connectivity index (χ0v) is 17.7. The molecule has 1 aromatic rings. The predicted octanol–water partition coefficient (Wildman–Crippen LogP) is 2.34. The van der Waals surface area contributed by atoms with Gasteiger partial charge < -0.3 is 9.64 Å². The number of amides is 1. The minimum absolute atomic E-state index is 0.162. The number of carbonyl (C=O) groups is 1. The monoisotopic (exact) mass is 449 g/mol. The van der Waals surface area contributed by atoms with Crippen LogP contribution in [0.25, 0.3) is 0 Å². The third-order valence-electron chi connectivity index (χ3n) is 5.47. The van der Waals surface area contributed by atoms with E-state index in [1.54, 1.807) is 0 Å². The highest BCUT2D eigenvalue weighted by Gasteiger charge is 2.49. The third-order valence-corrected chi connectivity index (χ3v) is 6.92. The molecule has 0 aliphatic carbocycles. The topological polar surface area (TPSA) is 79.8 Å². The summed E-state index contributed by atoms with van der Waals surface area (Å²) in [6, 6.07) is 2.34. The van der Waals surface area contributed by atoms with Gasteiger partial charge in [-0.1, -0.05) is 0 Å². The Labute approximate surface area is 174 Å². The molecule has 1 amide bonds. The first-order valence-corrected chi connectivity index (χ1v) is 11.4. The molecule has 3 heterocycles. The molecule has 3 rings (SSSR count). The quantitative estimate of drug-likeness (QED) is 0.702. The molecule has 1 aromatic heterocycles. The number of carbonyl (C=O) groups excluding carboxylic acids is 1. The number of nitrogens with zero attached hydrogens (tertiary/aromatic N) is 3. The van der Waals surface area contributed by atoms with Crippen LogP contribution in [0.5, 0.6) is 0 Å². The molecule has 2 aliphatic heterocycles. The van der Waals surface area contributed by atoms with Crippen molar-refractivity contribution in [2.24, 2.45) is 5.92 Å². The molecule has 0 bridgehead atoms. The first kappa shape index (κ1) is 23.0. The summed E-state index contributed by atoms with van der Waals surface area (Å²) in [5, 5.41) is -1.24. The highest BCUT2D eigenvalue weighted by molar-refractivity contribution is 7.92. The van der Waals surface area contributed by atoms with Gasteiger partial charge in [0.25, 0.3) is 15.7 Å². The Morgan fingerprint density at radius 1 is 1.20 bits per heavy atom. The maximum Gasteiger partial charge on any atom is 0.503 e. The highest BCUT2D eigenvalue weighted by Crippen LogP contribution is 2.32. The van der Waals surface area contributed by atoms with Gasteiger partial charge in [-0.05, 0) is 44.7 Å². The van der Waals surface area contributed by atoms with Gasteiger partial charge in [-0.15, -0.1) is 0 Å². The van der Waals surface area contributed by atoms with E-state index >= 15 is 0 Å². The van der Waals surface area contributed by atoms with Gasteiger partial charge in [-0.25, -0.2) is 13.4 Å². The van der Waals surface area contributed by atoms with E-state index in [4.69, 9.17) is 4.74 Å². The third kappa shape index (κ3) is 4.94. The number of pyridine rings is 1. The Balaban J connectivity index is 1.65. The van der Waals surface area contributed by atoms with Gasteiger partial charge >= 0.3 is 5.51 Å². The maximum atomic E-state index is 13.0. The molecule has 2 fully saturated rings. The maximum absolute atomic E-state index is 13.0. The number of piperidine rings is 1. The van der Waals surface area contributed by atoms with Crippen LogP contribution >= 0.6 is 0 Å². The fourth-order valence-electron chi connectivity index (χ4n) is 4.16. The molecular formula is C19H26F3N3O4S. The Hall–Kier alpha value is -1.72. The van der Waals surface area contributed by atoms with Crippen LogP contribution in [0.3, 0.4) is 0 Å². The Kier molecular flexibility index (Phi) is 6.73. The van der Waals surface area contributed by atoms with E-state index in [2.05, 4.69) is 9.88 Å². The molecular weight excluding hydrogens is 423 g/mol. The van der Waals surface area contributed by atoms with E-state index in [9.17, 15) is 26.4 Å². The summed E-state index contributed by atoms with van der Waals surface area (Å²) in [5.74, 6) is -0.378. The van der Waals surface area contributed by atoms with Gasteiger partial charge in [0.05, 0.1) is 17.8 Å². The van der Waals surface area contributed by atoms with E-state index in [1.165, 1.54) is 11.0 Å². The van der Waals surface area contributed by atoms with Gasteiger partial charge in [0, 0.05) is 38.9 Å². The molecule has 0 aromatic carbocycles. The first-order chi connectivity index (χ1) is 14.0. The SMILES string of the molecule is CC1CN(CC2CCN(C(=O)c3cccnc3S(=O)(=O)C(F)(F)F)CC2)CC(C)O1. The van der Waals surface area contributed by atoms with E-state index in [0.29, 0.717) is 31.8 Å². The average Bonchev–Trinajstić information content (AvgIpc) is 2.66. The number of likely N-dealkylation sites (tertiary alicyclic amines) is 1. The smallest absolute Gasteiger partial charge is 0.373 e. The van der Waals surface area contributed by atoms with Crippen molar-refractivity contribution >= 4 is 15.7 Å². The van der Waals surface area contributed by atoms with E-state index in [-0.39, 0.29) is 12.2 Å². The minimum Gasteiger partial charge on any atom is -0.373 e. The van der Waals surface area contributed by atoms with Crippen LogP contribution in [0.15, 0.2) is 23.4 Å². The lowest BCUT2D eigenvalue weighted by Gasteiger charge is -2.39. The van der Waals surface area contributed by atoms with Crippen molar-refractivity contribution in [2.45, 2.75) is 49.4 Å². The van der Waals surface area contributed by atoms with Gasteiger partial charge in [-0.3, -0.25) is 9.69 Å². The molecule has 11 heteroatoms. The van der Waals surface area contributed by atoms with Gasteiger partial charge in [0.15, 0.2) is 5.03 Å². The van der Waals surface area contributed by atoms with E-state index < -0.39 is 31.8 Å². The van der Waals surface area contributed by atoms with Crippen molar-refractivity contribution in [3.05, 3.63) is 23.9 Å². The molecule has 2 unspecified atom stereocenters. The number of hydrogen-bond donors (Lipinski definition) is 0. The van der Waals surface area contributed by atoms with Crippen molar-refractivity contribution < 1.29 is 31.1 Å². The summed E-state index contributed by atoms with van der Waals surface area (Å²) < 4.78 is 68.3. The van der Waals surface area contributed by atoms with Crippen LogP contribution in [0.2, 0.25) is 0 Å². The largest absolute Gasteiger partial charge is 0.503 e. The minimum atomic E-state index is -5.71. The molecule has 168 valence electrons. The number of morpholine rings is 1. The van der Waals surface area contributed by atoms with Crippen molar-refractivity contribution in [2.75, 3.05) is 32.7 Å². The van der Waals surface area contributed by atoms with Crippen LogP contribution in [-0.4, -0.2) is 79.5 Å². The van der Waals surface area contributed by atoms with Crippen molar-refractivity contribution in [3.63, 3.8) is 0 Å². The van der Waals surface area contributed by atoms with Gasteiger partial charge in [0.1, 0.15) is 0 Å². The van der Waals surface area contributed by atoms with Crippen LogP contribution in [0.1, 0.15) is 37.0 Å². The second-order valence-corrected chi connectivity index (χ2v) is 9.87. The van der Waals surface area contributed by atoms with Crippen LogP contribution in [0.4, 0.5) is 13.2 Å². The lowest BCUT2D eigenvalue weighted by molar-refractivity contribution is -0.0728. The molecule has 0 N–H and O–H groups in total. The number of ether oxygens (including phenoxy) is 1. The fraction of sp³-hybridized carbons (Fsp3) is 0.684. The number of hydrogen-bond acceptors (Lipinski definition) is 6. The summed E-state index contributed by atoms with van der Waals surface area (Å²) >= 11 is 0. The van der Waals surface area contributed by atoms with Crippen LogP contribution < -0.4 is 0 Å². The summed E-state index contributed by atoms with van der Waals surface area (Å²) in [6.07, 6.45) is 2.66. The van der Waals surface area contributed by atoms with E-state index in [1.807, 2.05) is 13.8 Å². The molecule has 2 atom stereocenters. The fourth-order valence-corrected chi connectivity index (χ4v) is 5.03. The van der Waals surface area contributed by atoms with E-state index in [0.717, 1.165) is 31.9 Å². The molecule has 0 saturated carbocycles. The van der Waals surface area contributed by atoms with Crippen molar-refractivity contribution in [1.82, 2.24) is 14.8 Å².